The van der Waals surface area contributed by atoms with Gasteiger partial charge in [-0.3, -0.25) is 4.79 Å². The minimum atomic E-state index is -4.39. The minimum absolute atomic E-state index is 0.0658. The Morgan fingerprint density at radius 1 is 1.39 bits per heavy atom. The average molecular weight is 261 g/mol. The number of carbonyl (C=O) groups excluding carboxylic acids is 1. The van der Waals surface area contributed by atoms with E-state index in [1.165, 1.54) is 6.07 Å². The highest BCUT2D eigenvalue weighted by Gasteiger charge is 2.28. The van der Waals surface area contributed by atoms with Crippen molar-refractivity contribution in [1.29, 1.82) is 0 Å². The van der Waals surface area contributed by atoms with Gasteiger partial charge in [0.2, 0.25) is 0 Å². The quantitative estimate of drug-likeness (QED) is 0.905. The van der Waals surface area contributed by atoms with Crippen molar-refractivity contribution in [3.05, 3.63) is 29.3 Å². The van der Waals surface area contributed by atoms with E-state index in [9.17, 15) is 18.0 Å². The van der Waals surface area contributed by atoms with Crippen LogP contribution in [-0.2, 0) is 0 Å². The molecule has 0 radical (unpaired) electrons. The molecule has 0 fully saturated rings. The standard InChI is InChI=1S/C12H14F3NO2/c1-3-16-11(17)9-5-4-8(2)10(6-9)18-7-12(13,14)15/h4-6H,3,7H2,1-2H3,(H,16,17). The number of amides is 1. The van der Waals surface area contributed by atoms with E-state index in [1.54, 1.807) is 26.0 Å². The number of rotatable bonds is 4. The topological polar surface area (TPSA) is 38.3 Å². The molecule has 6 heteroatoms. The first kappa shape index (κ1) is 14.3. The van der Waals surface area contributed by atoms with Crippen molar-refractivity contribution in [1.82, 2.24) is 5.32 Å². The smallest absolute Gasteiger partial charge is 0.422 e. The van der Waals surface area contributed by atoms with Gasteiger partial charge in [0, 0.05) is 12.1 Å². The van der Waals surface area contributed by atoms with Gasteiger partial charge in [-0.1, -0.05) is 6.07 Å². The molecule has 0 saturated carbocycles. The van der Waals surface area contributed by atoms with Gasteiger partial charge in [-0.2, -0.15) is 13.2 Å². The number of nitrogens with one attached hydrogen (secondary N) is 1. The number of hydrogen-bond acceptors (Lipinski definition) is 2. The molecule has 1 aromatic rings. The van der Waals surface area contributed by atoms with E-state index in [1.807, 2.05) is 0 Å². The summed E-state index contributed by atoms with van der Waals surface area (Å²) >= 11 is 0. The second-order valence-electron chi connectivity index (χ2n) is 3.74. The third kappa shape index (κ3) is 4.27. The predicted octanol–water partition coefficient (Wildman–Crippen LogP) is 2.69. The highest BCUT2D eigenvalue weighted by molar-refractivity contribution is 5.94. The number of ether oxygens (including phenoxy) is 1. The molecular formula is C12H14F3NO2. The second kappa shape index (κ2) is 5.75. The third-order valence-electron chi connectivity index (χ3n) is 2.18. The van der Waals surface area contributed by atoms with Crippen molar-refractivity contribution in [2.75, 3.05) is 13.2 Å². The van der Waals surface area contributed by atoms with Crippen molar-refractivity contribution in [2.45, 2.75) is 20.0 Å². The highest BCUT2D eigenvalue weighted by Crippen LogP contribution is 2.23. The molecule has 100 valence electrons. The van der Waals surface area contributed by atoms with Gasteiger partial charge in [0.15, 0.2) is 6.61 Å². The van der Waals surface area contributed by atoms with Gasteiger partial charge in [-0.05, 0) is 31.5 Å². The van der Waals surface area contributed by atoms with Crippen LogP contribution in [0.4, 0.5) is 13.2 Å². The average Bonchev–Trinajstić information content (AvgIpc) is 2.27. The van der Waals surface area contributed by atoms with E-state index in [0.29, 0.717) is 12.1 Å². The Bertz CT molecular complexity index is 430. The van der Waals surface area contributed by atoms with Gasteiger partial charge in [0.1, 0.15) is 5.75 Å². The maximum atomic E-state index is 12.0. The van der Waals surface area contributed by atoms with Crippen molar-refractivity contribution in [3.8, 4) is 5.75 Å². The monoisotopic (exact) mass is 261 g/mol. The van der Waals surface area contributed by atoms with Crippen LogP contribution in [0.15, 0.2) is 18.2 Å². The van der Waals surface area contributed by atoms with Gasteiger partial charge in [-0.25, -0.2) is 0 Å². The predicted molar refractivity (Wildman–Crippen MR) is 60.7 cm³/mol. The number of alkyl halides is 3. The summed E-state index contributed by atoms with van der Waals surface area (Å²) in [5, 5.41) is 2.56. The van der Waals surface area contributed by atoms with Crippen LogP contribution in [0.1, 0.15) is 22.8 Å². The van der Waals surface area contributed by atoms with E-state index >= 15 is 0 Å². The largest absolute Gasteiger partial charge is 0.484 e. The summed E-state index contributed by atoms with van der Waals surface area (Å²) in [6.45, 7) is 2.46. The molecule has 0 heterocycles. The number of aryl methyl sites for hydroxylation is 1. The fraction of sp³-hybridized carbons (Fsp3) is 0.417. The molecule has 0 bridgehead atoms. The fourth-order valence-corrected chi connectivity index (χ4v) is 1.32. The number of hydrogen-bond donors (Lipinski definition) is 1. The number of benzene rings is 1. The molecule has 0 unspecified atom stereocenters. The summed E-state index contributed by atoms with van der Waals surface area (Å²) in [5.74, 6) is -0.273. The van der Waals surface area contributed by atoms with E-state index in [0.717, 1.165) is 0 Å². The lowest BCUT2D eigenvalue weighted by Gasteiger charge is -2.12. The first-order chi connectivity index (χ1) is 8.33. The molecule has 0 aliphatic rings. The second-order valence-corrected chi connectivity index (χ2v) is 3.74. The van der Waals surface area contributed by atoms with Crippen molar-refractivity contribution < 1.29 is 22.7 Å². The number of halogens is 3. The SMILES string of the molecule is CCNC(=O)c1ccc(C)c(OCC(F)(F)F)c1. The number of carbonyl (C=O) groups is 1. The molecule has 0 saturated heterocycles. The Labute approximate surface area is 103 Å². The lowest BCUT2D eigenvalue weighted by atomic mass is 10.1. The summed E-state index contributed by atoms with van der Waals surface area (Å²) < 4.78 is 40.8. The van der Waals surface area contributed by atoms with Crippen LogP contribution in [0.25, 0.3) is 0 Å². The Morgan fingerprint density at radius 2 is 2.06 bits per heavy atom. The summed E-state index contributed by atoms with van der Waals surface area (Å²) in [4.78, 5) is 11.5. The molecule has 1 rings (SSSR count). The normalized spacial score (nSPS) is 11.2. The zero-order valence-corrected chi connectivity index (χ0v) is 10.1. The van der Waals surface area contributed by atoms with Gasteiger partial charge in [0.25, 0.3) is 5.91 Å². The van der Waals surface area contributed by atoms with E-state index in [2.05, 4.69) is 10.1 Å². The molecule has 1 amide bonds. The van der Waals surface area contributed by atoms with Crippen molar-refractivity contribution >= 4 is 5.91 Å². The Kier molecular flexibility index (Phi) is 4.58. The Morgan fingerprint density at radius 3 is 2.61 bits per heavy atom. The molecule has 3 nitrogen and oxygen atoms in total. The first-order valence-corrected chi connectivity index (χ1v) is 5.42. The van der Waals surface area contributed by atoms with Crippen molar-refractivity contribution in [2.24, 2.45) is 0 Å². The van der Waals surface area contributed by atoms with Gasteiger partial charge in [0.05, 0.1) is 0 Å². The molecule has 0 aromatic heterocycles. The van der Waals surface area contributed by atoms with Crippen LogP contribution >= 0.6 is 0 Å². The van der Waals surface area contributed by atoms with Crippen LogP contribution in [0.5, 0.6) is 5.75 Å². The van der Waals surface area contributed by atoms with Gasteiger partial charge in [-0.15, -0.1) is 0 Å². The van der Waals surface area contributed by atoms with Crippen LogP contribution in [-0.4, -0.2) is 25.2 Å². The van der Waals surface area contributed by atoms with Crippen LogP contribution in [0.3, 0.4) is 0 Å². The zero-order valence-electron chi connectivity index (χ0n) is 10.1. The van der Waals surface area contributed by atoms with Gasteiger partial charge >= 0.3 is 6.18 Å². The maximum absolute atomic E-state index is 12.0. The summed E-state index contributed by atoms with van der Waals surface area (Å²) in [6, 6.07) is 4.41. The summed E-state index contributed by atoms with van der Waals surface area (Å²) in [6.07, 6.45) is -4.39. The van der Waals surface area contributed by atoms with Crippen LogP contribution in [0, 0.1) is 6.92 Å². The Hall–Kier alpha value is -1.72. The molecule has 18 heavy (non-hydrogen) atoms. The highest BCUT2D eigenvalue weighted by atomic mass is 19.4. The van der Waals surface area contributed by atoms with Crippen molar-refractivity contribution in [3.63, 3.8) is 0 Å². The maximum Gasteiger partial charge on any atom is 0.422 e. The lowest BCUT2D eigenvalue weighted by Crippen LogP contribution is -2.23. The zero-order chi connectivity index (χ0) is 13.8. The molecule has 1 N–H and O–H groups in total. The molecule has 0 spiro atoms. The third-order valence-corrected chi connectivity index (χ3v) is 2.18. The van der Waals surface area contributed by atoms with E-state index in [-0.39, 0.29) is 17.2 Å². The molecule has 1 aromatic carbocycles. The fourth-order valence-electron chi connectivity index (χ4n) is 1.32. The van der Waals surface area contributed by atoms with Gasteiger partial charge < -0.3 is 10.1 Å². The molecular weight excluding hydrogens is 247 g/mol. The van der Waals surface area contributed by atoms with Crippen LogP contribution in [0.2, 0.25) is 0 Å². The van der Waals surface area contributed by atoms with E-state index in [4.69, 9.17) is 0 Å². The minimum Gasteiger partial charge on any atom is -0.484 e. The van der Waals surface area contributed by atoms with E-state index < -0.39 is 12.8 Å². The van der Waals surface area contributed by atoms with Crippen LogP contribution < -0.4 is 10.1 Å². The molecule has 0 aliphatic heterocycles. The Balaban J connectivity index is 2.84. The first-order valence-electron chi connectivity index (χ1n) is 5.42. The summed E-state index contributed by atoms with van der Waals surface area (Å²) in [5.41, 5.74) is 0.826. The summed E-state index contributed by atoms with van der Waals surface area (Å²) in [7, 11) is 0. The molecule has 0 atom stereocenters. The lowest BCUT2D eigenvalue weighted by molar-refractivity contribution is -0.153. The molecule has 0 aliphatic carbocycles.